The van der Waals surface area contributed by atoms with E-state index in [0.29, 0.717) is 13.1 Å². The number of fused-ring (bicyclic) bond motifs is 1. The molecule has 17 heteroatoms. The fourth-order valence-electron chi connectivity index (χ4n) is 4.49. The third kappa shape index (κ3) is 8.41. The topological polar surface area (TPSA) is 170 Å². The van der Waals surface area contributed by atoms with E-state index in [-0.39, 0.29) is 34.9 Å². The third-order valence-electron chi connectivity index (χ3n) is 6.47. The van der Waals surface area contributed by atoms with Crippen LogP contribution < -0.4 is 10.4 Å². The monoisotopic (exact) mass is 597 g/mol. The first-order chi connectivity index (χ1) is 19.6. The van der Waals surface area contributed by atoms with Crippen LogP contribution in [0.5, 0.6) is 0 Å². The summed E-state index contributed by atoms with van der Waals surface area (Å²) in [6.07, 6.45) is -0.158. The van der Waals surface area contributed by atoms with Crippen LogP contribution in [0.25, 0.3) is 11.2 Å². The summed E-state index contributed by atoms with van der Waals surface area (Å²) in [5, 5.41) is 20.3. The summed E-state index contributed by atoms with van der Waals surface area (Å²) >= 11 is 0. The van der Waals surface area contributed by atoms with Gasteiger partial charge < -0.3 is 19.6 Å². The highest BCUT2D eigenvalue weighted by atomic mass is 19.4. The quantitative estimate of drug-likeness (QED) is 0.394. The van der Waals surface area contributed by atoms with Crippen molar-refractivity contribution in [3.8, 4) is 6.07 Å². The number of alkyl halides is 3. The van der Waals surface area contributed by atoms with Gasteiger partial charge in [-0.3, -0.25) is 5.01 Å². The van der Waals surface area contributed by atoms with E-state index in [2.05, 4.69) is 30.0 Å². The minimum atomic E-state index is -4.90. The number of imidazole rings is 1. The van der Waals surface area contributed by atoms with Crippen LogP contribution in [0.15, 0.2) is 6.33 Å². The summed E-state index contributed by atoms with van der Waals surface area (Å²) in [5.41, 5.74) is 1.80. The number of piperazine rings is 1. The van der Waals surface area contributed by atoms with Crippen LogP contribution in [0, 0.1) is 11.3 Å². The molecule has 2 amide bonds. The molecule has 0 radical (unpaired) electrons. The molecule has 0 bridgehead atoms. The average Bonchev–Trinajstić information content (AvgIpc) is 3.34. The van der Waals surface area contributed by atoms with Crippen LogP contribution in [0.3, 0.4) is 0 Å². The number of esters is 1. The van der Waals surface area contributed by atoms with Gasteiger partial charge in [0.05, 0.1) is 6.04 Å². The van der Waals surface area contributed by atoms with E-state index >= 15 is 0 Å². The van der Waals surface area contributed by atoms with Crippen molar-refractivity contribution in [3.63, 3.8) is 0 Å². The van der Waals surface area contributed by atoms with Crippen molar-refractivity contribution in [1.29, 1.82) is 5.26 Å². The van der Waals surface area contributed by atoms with E-state index in [1.165, 1.54) is 36.7 Å². The number of ether oxygens (including phenoxy) is 1. The van der Waals surface area contributed by atoms with E-state index < -0.39 is 23.8 Å². The molecule has 0 spiro atoms. The molecule has 2 aromatic rings. The largest absolute Gasteiger partial charge is 0.490 e. The Labute approximate surface area is 240 Å². The van der Waals surface area contributed by atoms with Crippen LogP contribution in [0.4, 0.5) is 28.6 Å². The summed E-state index contributed by atoms with van der Waals surface area (Å²) < 4.78 is 39.9. The minimum Gasteiger partial charge on any atom is -0.464 e. The molecule has 1 aliphatic carbocycles. The van der Waals surface area contributed by atoms with Crippen molar-refractivity contribution in [2.45, 2.75) is 70.7 Å². The van der Waals surface area contributed by atoms with Gasteiger partial charge in [-0.2, -0.15) is 28.4 Å². The zero-order valence-electron chi connectivity index (χ0n) is 23.8. The Balaban J connectivity index is 0.000000375. The fourth-order valence-corrected chi connectivity index (χ4v) is 4.49. The van der Waals surface area contributed by atoms with E-state index in [0.717, 1.165) is 45.2 Å². The lowest BCUT2D eigenvalue weighted by Gasteiger charge is -2.34. The summed E-state index contributed by atoms with van der Waals surface area (Å²) in [5.74, 6) is -2.10. The lowest BCUT2D eigenvalue weighted by molar-refractivity contribution is -0.210. The number of amides is 2. The molecule has 2 aliphatic rings. The number of anilines is 1. The summed E-state index contributed by atoms with van der Waals surface area (Å²) in [6.45, 7) is 6.80. The summed E-state index contributed by atoms with van der Waals surface area (Å²) in [4.78, 5) is 51.4. The number of hydrazine groups is 1. The van der Waals surface area contributed by atoms with Crippen LogP contribution in [0.2, 0.25) is 0 Å². The number of nitrogens with zero attached hydrogens (tertiary/aromatic N) is 8. The van der Waals surface area contributed by atoms with Crippen molar-refractivity contribution < 1.29 is 37.4 Å². The van der Waals surface area contributed by atoms with E-state index in [9.17, 15) is 37.9 Å². The van der Waals surface area contributed by atoms with E-state index in [4.69, 9.17) is 0 Å². The highest BCUT2D eigenvalue weighted by Gasteiger charge is 2.43. The Kier molecular flexibility index (Phi) is 10.1. The van der Waals surface area contributed by atoms with Gasteiger partial charge in [-0.25, -0.2) is 29.4 Å². The highest BCUT2D eigenvalue weighted by Crippen LogP contribution is 2.29. The lowest BCUT2D eigenvalue weighted by atomic mass is 9.95. The van der Waals surface area contributed by atoms with Crippen molar-refractivity contribution in [3.05, 3.63) is 12.2 Å². The summed E-state index contributed by atoms with van der Waals surface area (Å²) in [6, 6.07) is 1.52. The van der Waals surface area contributed by atoms with Crippen molar-refractivity contribution >= 4 is 35.1 Å². The molecule has 0 aromatic carbocycles. The third-order valence-corrected chi connectivity index (χ3v) is 6.47. The SMILES string of the molecule is CC(C)(C)OC(=O)C(F)(F)F.CN1CCN(C(=O)n2cnc3c(N(NC(=O)O)C4CCCCC4)nc(C#N)nc32)CC1. The Hall–Kier alpha value is -4.20. The number of halogens is 3. The molecule has 2 aromatic heterocycles. The van der Waals surface area contributed by atoms with E-state index in [1.807, 2.05) is 13.1 Å². The molecule has 0 unspecified atom stereocenters. The molecule has 3 heterocycles. The number of nitrogens with one attached hydrogen (secondary N) is 1. The van der Waals surface area contributed by atoms with Gasteiger partial charge in [0.15, 0.2) is 17.0 Å². The predicted molar refractivity (Wildman–Crippen MR) is 142 cm³/mol. The first-order valence-electron chi connectivity index (χ1n) is 13.3. The molecule has 1 saturated heterocycles. The predicted octanol–water partition coefficient (Wildman–Crippen LogP) is 3.13. The summed E-state index contributed by atoms with van der Waals surface area (Å²) in [7, 11) is 2.00. The smallest absolute Gasteiger partial charge is 0.464 e. The molecule has 2 N–H and O–H groups in total. The molecule has 1 saturated carbocycles. The van der Waals surface area contributed by atoms with Gasteiger partial charge in [0.2, 0.25) is 5.82 Å². The van der Waals surface area contributed by atoms with Gasteiger partial charge in [-0.15, -0.1) is 0 Å². The second-order valence-electron chi connectivity index (χ2n) is 10.9. The van der Waals surface area contributed by atoms with Gasteiger partial charge in [-0.1, -0.05) is 19.3 Å². The number of aromatic nitrogens is 4. The van der Waals surface area contributed by atoms with Gasteiger partial charge in [0, 0.05) is 26.2 Å². The van der Waals surface area contributed by atoms with Gasteiger partial charge in [-0.05, 0) is 40.7 Å². The molecule has 2 fully saturated rings. The average molecular weight is 598 g/mol. The number of hydrogen-bond donors (Lipinski definition) is 2. The Morgan fingerprint density at radius 3 is 2.21 bits per heavy atom. The maximum atomic E-state index is 13.1. The first-order valence-corrected chi connectivity index (χ1v) is 13.3. The molecule has 42 heavy (non-hydrogen) atoms. The highest BCUT2D eigenvalue weighted by molar-refractivity contribution is 5.92. The Morgan fingerprint density at radius 1 is 1.10 bits per heavy atom. The second-order valence-corrected chi connectivity index (χ2v) is 10.9. The molecule has 230 valence electrons. The first kappa shape index (κ1) is 32.3. The zero-order chi connectivity index (χ0) is 31.2. The molecule has 1 aliphatic heterocycles. The second kappa shape index (κ2) is 13.2. The van der Waals surface area contributed by atoms with Crippen molar-refractivity contribution in [2.75, 3.05) is 38.2 Å². The Bertz CT molecular complexity index is 1320. The number of hydrogen-bond acceptors (Lipinski definition) is 10. The van der Waals surface area contributed by atoms with Crippen molar-refractivity contribution in [1.82, 2.24) is 34.7 Å². The number of carbonyl (C=O) groups excluding carboxylic acids is 2. The standard InChI is InChI=1S/C19H25N9O3.C6H9F3O2/c1-25-7-9-26(10-8-25)19(31)27-12-21-15-16(27)22-14(11-20)23-17(15)28(24-18(29)30)13-5-3-2-4-6-13;1-5(2,3)11-4(10)6(7,8)9/h12-13,24H,2-10H2,1H3,(H,29,30);1-3H3. The number of rotatable bonds is 3. The van der Waals surface area contributed by atoms with Crippen LogP contribution >= 0.6 is 0 Å². The zero-order valence-corrected chi connectivity index (χ0v) is 23.8. The van der Waals surface area contributed by atoms with Crippen LogP contribution in [-0.4, -0.2) is 104 Å². The number of carbonyl (C=O) groups is 3. The number of carboxylic acid groups (broad SMARTS) is 1. The molecule has 4 rings (SSSR count). The molecular weight excluding hydrogens is 563 g/mol. The van der Waals surface area contributed by atoms with Gasteiger partial charge in [0.25, 0.3) is 0 Å². The Morgan fingerprint density at radius 2 is 1.71 bits per heavy atom. The maximum absolute atomic E-state index is 13.1. The molecular formula is C25H34F3N9O5. The molecule has 0 atom stereocenters. The number of nitriles is 1. The lowest BCUT2D eigenvalue weighted by Crippen LogP contribution is -2.50. The van der Waals surface area contributed by atoms with Crippen LogP contribution in [0.1, 0.15) is 58.7 Å². The van der Waals surface area contributed by atoms with Gasteiger partial charge >= 0.3 is 24.3 Å². The van der Waals surface area contributed by atoms with E-state index in [1.54, 1.807) is 4.90 Å². The minimum absolute atomic E-state index is 0.118. The van der Waals surface area contributed by atoms with Crippen LogP contribution in [-0.2, 0) is 9.53 Å². The van der Waals surface area contributed by atoms with Gasteiger partial charge in [0.1, 0.15) is 18.0 Å². The van der Waals surface area contributed by atoms with Crippen molar-refractivity contribution in [2.24, 2.45) is 0 Å². The normalized spacial score (nSPS) is 16.7. The fraction of sp³-hybridized carbons (Fsp3) is 0.640. The molecule has 14 nitrogen and oxygen atoms in total. The number of likely N-dealkylation sites (N-methyl/N-ethyl adjacent to an activating group) is 1. The maximum Gasteiger partial charge on any atom is 0.490 e.